The van der Waals surface area contributed by atoms with Crippen LogP contribution in [0.25, 0.3) is 0 Å². The maximum absolute atomic E-state index is 10.9. The van der Waals surface area contributed by atoms with Crippen LogP contribution in [0, 0.1) is 5.92 Å². The zero-order valence-electron chi connectivity index (χ0n) is 10.9. The van der Waals surface area contributed by atoms with E-state index in [2.05, 4.69) is 11.8 Å². The largest absolute Gasteiger partial charge is 0.481 e. The number of carbonyl (C=O) groups is 1. The van der Waals surface area contributed by atoms with E-state index in [1.165, 1.54) is 38.5 Å². The SMILES string of the molecule is CCC1CCCCC1N1CCCC1CC(=O)O. The van der Waals surface area contributed by atoms with Crippen LogP contribution in [0.2, 0.25) is 0 Å². The van der Waals surface area contributed by atoms with Gasteiger partial charge < -0.3 is 5.11 Å². The van der Waals surface area contributed by atoms with Crippen molar-refractivity contribution in [1.29, 1.82) is 0 Å². The van der Waals surface area contributed by atoms with Gasteiger partial charge in [-0.3, -0.25) is 9.69 Å². The molecule has 0 radical (unpaired) electrons. The summed E-state index contributed by atoms with van der Waals surface area (Å²) >= 11 is 0. The number of hydrogen-bond donors (Lipinski definition) is 1. The van der Waals surface area contributed by atoms with E-state index in [-0.39, 0.29) is 0 Å². The summed E-state index contributed by atoms with van der Waals surface area (Å²) in [7, 11) is 0. The minimum atomic E-state index is -0.634. The first kappa shape index (κ1) is 12.9. The molecule has 0 aromatic carbocycles. The minimum absolute atomic E-state index is 0.310. The van der Waals surface area contributed by atoms with Gasteiger partial charge in [0.15, 0.2) is 0 Å². The Kier molecular flexibility index (Phi) is 4.43. The molecule has 3 unspecified atom stereocenters. The van der Waals surface area contributed by atoms with Gasteiger partial charge in [-0.05, 0) is 38.1 Å². The number of hydrogen-bond acceptors (Lipinski definition) is 2. The lowest BCUT2D eigenvalue weighted by Crippen LogP contribution is -2.45. The topological polar surface area (TPSA) is 40.5 Å². The summed E-state index contributed by atoms with van der Waals surface area (Å²) in [5.41, 5.74) is 0. The molecule has 3 atom stereocenters. The van der Waals surface area contributed by atoms with Crippen LogP contribution in [-0.2, 0) is 4.79 Å². The summed E-state index contributed by atoms with van der Waals surface area (Å²) in [5.74, 6) is 0.170. The van der Waals surface area contributed by atoms with Gasteiger partial charge in [0.05, 0.1) is 6.42 Å². The van der Waals surface area contributed by atoms with Crippen LogP contribution >= 0.6 is 0 Å². The fourth-order valence-corrected chi connectivity index (χ4v) is 3.82. The predicted octanol–water partition coefficient (Wildman–Crippen LogP) is 2.89. The predicted molar refractivity (Wildman–Crippen MR) is 68.0 cm³/mol. The Morgan fingerprint density at radius 1 is 1.24 bits per heavy atom. The fourth-order valence-electron chi connectivity index (χ4n) is 3.82. The molecule has 17 heavy (non-hydrogen) atoms. The average molecular weight is 239 g/mol. The van der Waals surface area contributed by atoms with Crippen molar-refractivity contribution in [3.63, 3.8) is 0 Å². The van der Waals surface area contributed by atoms with E-state index in [0.29, 0.717) is 18.5 Å². The van der Waals surface area contributed by atoms with Crippen molar-refractivity contribution in [3.05, 3.63) is 0 Å². The summed E-state index contributed by atoms with van der Waals surface area (Å²) in [6, 6.07) is 0.977. The Morgan fingerprint density at radius 2 is 2.00 bits per heavy atom. The van der Waals surface area contributed by atoms with Gasteiger partial charge in [-0.2, -0.15) is 0 Å². The quantitative estimate of drug-likeness (QED) is 0.820. The number of aliphatic carboxylic acids is 1. The second-order valence-electron chi connectivity index (χ2n) is 5.65. The smallest absolute Gasteiger partial charge is 0.304 e. The van der Waals surface area contributed by atoms with Gasteiger partial charge in [-0.1, -0.05) is 26.2 Å². The van der Waals surface area contributed by atoms with Crippen molar-refractivity contribution >= 4 is 5.97 Å². The molecule has 98 valence electrons. The van der Waals surface area contributed by atoms with E-state index >= 15 is 0 Å². The first-order valence-corrected chi connectivity index (χ1v) is 7.20. The highest BCUT2D eigenvalue weighted by molar-refractivity contribution is 5.67. The third-order valence-electron chi connectivity index (χ3n) is 4.65. The van der Waals surface area contributed by atoms with Gasteiger partial charge in [0, 0.05) is 12.1 Å². The lowest BCUT2D eigenvalue weighted by molar-refractivity contribution is -0.138. The van der Waals surface area contributed by atoms with Crippen LogP contribution in [0.15, 0.2) is 0 Å². The first-order chi connectivity index (χ1) is 8.22. The van der Waals surface area contributed by atoms with E-state index in [0.717, 1.165) is 18.9 Å². The molecule has 1 saturated heterocycles. The van der Waals surface area contributed by atoms with Crippen LogP contribution < -0.4 is 0 Å². The maximum atomic E-state index is 10.9. The summed E-state index contributed by atoms with van der Waals surface area (Å²) in [6.07, 6.45) is 9.19. The molecule has 0 amide bonds. The zero-order chi connectivity index (χ0) is 12.3. The molecule has 0 bridgehead atoms. The van der Waals surface area contributed by atoms with E-state index in [4.69, 9.17) is 5.11 Å². The minimum Gasteiger partial charge on any atom is -0.481 e. The molecule has 0 aromatic rings. The van der Waals surface area contributed by atoms with E-state index in [1.54, 1.807) is 0 Å². The summed E-state index contributed by atoms with van der Waals surface area (Å²) in [4.78, 5) is 13.4. The number of carboxylic acid groups (broad SMARTS) is 1. The maximum Gasteiger partial charge on any atom is 0.304 e. The third kappa shape index (κ3) is 3.01. The van der Waals surface area contributed by atoms with Crippen LogP contribution in [0.1, 0.15) is 58.3 Å². The van der Waals surface area contributed by atoms with Crippen molar-refractivity contribution in [1.82, 2.24) is 4.90 Å². The molecule has 0 aromatic heterocycles. The van der Waals surface area contributed by atoms with Crippen LogP contribution in [0.4, 0.5) is 0 Å². The van der Waals surface area contributed by atoms with Crippen molar-refractivity contribution < 1.29 is 9.90 Å². The van der Waals surface area contributed by atoms with Gasteiger partial charge in [0.2, 0.25) is 0 Å². The van der Waals surface area contributed by atoms with Crippen LogP contribution in [0.3, 0.4) is 0 Å². The van der Waals surface area contributed by atoms with Gasteiger partial charge in [0.25, 0.3) is 0 Å². The Labute approximate surface area is 104 Å². The summed E-state index contributed by atoms with van der Waals surface area (Å²) in [5, 5.41) is 8.99. The van der Waals surface area contributed by atoms with Crippen molar-refractivity contribution in [2.45, 2.75) is 70.4 Å². The van der Waals surface area contributed by atoms with Crippen LogP contribution in [-0.4, -0.2) is 34.6 Å². The second-order valence-corrected chi connectivity index (χ2v) is 5.65. The highest BCUT2D eigenvalue weighted by Gasteiger charge is 2.36. The van der Waals surface area contributed by atoms with Crippen LogP contribution in [0.5, 0.6) is 0 Å². The molecule has 2 fully saturated rings. The molecule has 0 spiro atoms. The molecular formula is C14H25NO2. The fraction of sp³-hybridized carbons (Fsp3) is 0.929. The molecule has 1 N–H and O–H groups in total. The third-order valence-corrected chi connectivity index (χ3v) is 4.65. The summed E-state index contributed by atoms with van der Waals surface area (Å²) < 4.78 is 0. The molecule has 2 rings (SSSR count). The van der Waals surface area contributed by atoms with Gasteiger partial charge >= 0.3 is 5.97 Å². The highest BCUT2D eigenvalue weighted by Crippen LogP contribution is 2.35. The van der Waals surface area contributed by atoms with E-state index in [9.17, 15) is 4.79 Å². The van der Waals surface area contributed by atoms with Crippen molar-refractivity contribution in [3.8, 4) is 0 Å². The molecule has 1 heterocycles. The average Bonchev–Trinajstić information content (AvgIpc) is 2.76. The number of carboxylic acids is 1. The second kappa shape index (κ2) is 5.85. The normalized spacial score (nSPS) is 35.0. The van der Waals surface area contributed by atoms with E-state index in [1.807, 2.05) is 0 Å². The molecule has 1 saturated carbocycles. The van der Waals surface area contributed by atoms with E-state index < -0.39 is 5.97 Å². The molecule has 3 nitrogen and oxygen atoms in total. The number of nitrogens with zero attached hydrogens (tertiary/aromatic N) is 1. The Bertz CT molecular complexity index is 267. The van der Waals surface area contributed by atoms with Gasteiger partial charge in [0.1, 0.15) is 0 Å². The lowest BCUT2D eigenvalue weighted by atomic mass is 9.81. The Morgan fingerprint density at radius 3 is 2.71 bits per heavy atom. The zero-order valence-corrected chi connectivity index (χ0v) is 10.9. The Hall–Kier alpha value is -0.570. The standard InChI is InChI=1S/C14H25NO2/c1-2-11-6-3-4-8-13(11)15-9-5-7-12(15)10-14(16)17/h11-13H,2-10H2,1H3,(H,16,17). The molecule has 1 aliphatic carbocycles. The van der Waals surface area contributed by atoms with Gasteiger partial charge in [-0.25, -0.2) is 0 Å². The van der Waals surface area contributed by atoms with Crippen molar-refractivity contribution in [2.24, 2.45) is 5.92 Å². The lowest BCUT2D eigenvalue weighted by Gasteiger charge is -2.40. The number of likely N-dealkylation sites (tertiary alicyclic amines) is 1. The van der Waals surface area contributed by atoms with Crippen molar-refractivity contribution in [2.75, 3.05) is 6.54 Å². The molecule has 3 heteroatoms. The molecule has 1 aliphatic heterocycles. The molecular weight excluding hydrogens is 214 g/mol. The van der Waals surface area contributed by atoms with Gasteiger partial charge in [-0.15, -0.1) is 0 Å². The first-order valence-electron chi connectivity index (χ1n) is 7.20. The highest BCUT2D eigenvalue weighted by atomic mass is 16.4. The number of rotatable bonds is 4. The Balaban J connectivity index is 2.00. The monoisotopic (exact) mass is 239 g/mol. The molecule has 2 aliphatic rings. The summed E-state index contributed by atoms with van der Waals surface area (Å²) in [6.45, 7) is 3.41.